The molecule has 1 aromatic carbocycles. The van der Waals surface area contributed by atoms with Gasteiger partial charge in [0.1, 0.15) is 42.3 Å². The summed E-state index contributed by atoms with van der Waals surface area (Å²) >= 11 is 0. The predicted octanol–water partition coefficient (Wildman–Crippen LogP) is -0.172. The lowest BCUT2D eigenvalue weighted by molar-refractivity contribution is -0.143. The molecule has 0 saturated carbocycles. The molecule has 22 nitrogen and oxygen atoms in total. The van der Waals surface area contributed by atoms with E-state index in [1.54, 1.807) is 40.0 Å². The predicted molar refractivity (Wildman–Crippen MR) is 260 cm³/mol. The van der Waals surface area contributed by atoms with Gasteiger partial charge >= 0.3 is 5.97 Å². The number of amides is 9. The summed E-state index contributed by atoms with van der Waals surface area (Å²) in [5.74, 6) is -8.84. The molecule has 0 bridgehead atoms. The zero-order chi connectivity index (χ0) is 52.6. The molecule has 0 radical (unpaired) electrons. The number of nitrogens with one attached hydrogen (secondary N) is 8. The number of carboxylic acids is 1. The number of rotatable bonds is 27. The lowest BCUT2D eigenvalue weighted by atomic mass is 9.97. The van der Waals surface area contributed by atoms with E-state index in [1.165, 1.54) is 11.8 Å². The second kappa shape index (κ2) is 27.0. The zero-order valence-electron chi connectivity index (χ0n) is 41.8. The highest BCUT2D eigenvalue weighted by Crippen LogP contribution is 2.21. The highest BCUT2D eigenvalue weighted by Gasteiger charge is 2.39. The smallest absolute Gasteiger partial charge is 0.326 e. The lowest BCUT2D eigenvalue weighted by Crippen LogP contribution is -2.59. The summed E-state index contributed by atoms with van der Waals surface area (Å²) in [4.78, 5) is 137. The number of carboxylic acid groups (broad SMARTS) is 1. The Hall–Kier alpha value is -6.58. The van der Waals surface area contributed by atoms with Gasteiger partial charge in [0.05, 0.1) is 19.0 Å². The maximum absolute atomic E-state index is 14.2. The van der Waals surface area contributed by atoms with Gasteiger partial charge in [0.15, 0.2) is 0 Å². The number of hydrogen-bond donors (Lipinski definition) is 11. The van der Waals surface area contributed by atoms with Crippen LogP contribution in [0.3, 0.4) is 0 Å². The van der Waals surface area contributed by atoms with E-state index < -0.39 is 132 Å². The Labute approximate surface area is 409 Å². The molecule has 13 N–H and O–H groups in total. The van der Waals surface area contributed by atoms with Gasteiger partial charge in [-0.15, -0.1) is 0 Å². The fourth-order valence-electron chi connectivity index (χ4n) is 8.12. The Morgan fingerprint density at radius 1 is 0.729 bits per heavy atom. The van der Waals surface area contributed by atoms with Crippen molar-refractivity contribution in [3.8, 4) is 0 Å². The molecule has 388 valence electrons. The minimum Gasteiger partial charge on any atom is -0.480 e. The average molecular weight is 982 g/mol. The second-order valence-electron chi connectivity index (χ2n) is 19.4. The van der Waals surface area contributed by atoms with Crippen LogP contribution in [-0.4, -0.2) is 136 Å². The molecule has 2 aromatic rings. The summed E-state index contributed by atoms with van der Waals surface area (Å²) < 4.78 is 0. The summed E-state index contributed by atoms with van der Waals surface area (Å²) in [6, 6.07) is -2.19. The molecular weight excluding hydrogens is 907 g/mol. The van der Waals surface area contributed by atoms with Crippen molar-refractivity contribution in [1.29, 1.82) is 0 Å². The molecule has 0 aliphatic carbocycles. The summed E-state index contributed by atoms with van der Waals surface area (Å²) in [6.45, 7) is 15.2. The minimum absolute atomic E-state index is 0.0645. The van der Waals surface area contributed by atoms with E-state index in [0.717, 1.165) is 10.9 Å². The summed E-state index contributed by atoms with van der Waals surface area (Å²) in [5.41, 5.74) is 13.0. The normalized spacial score (nSPS) is 17.0. The van der Waals surface area contributed by atoms with Crippen LogP contribution in [0.25, 0.3) is 10.9 Å². The molecular formula is C48H75N11O11. The second-order valence-corrected chi connectivity index (χ2v) is 19.4. The standard InChI is InChI=1S/C48H75N11O11/c1-10-27(8)40(47(68)53-28(9)41(62)57-39(26(6)7)48(69)70)58-46(67)36-16-13-17-59(36)38(61)23-52-43(64)35(21-37(50)60)56-45(66)34(20-29-22-51-32-15-12-11-14-30(29)32)55-44(65)33(19-25(4)5)54-42(63)31(49)18-24(2)3/h11-12,14-15,22,24-28,31,33-36,39-40,51H,10,13,16-21,23,49H2,1-9H3,(H2,50,60)(H,52,64)(H,53,68)(H,54,63)(H,55,65)(H,56,66)(H,57,62)(H,58,67)(H,69,70)/t27-,28-,31-,33-,34-,35-,36-,39-,40-/m0/s1. The number of aromatic nitrogens is 1. The van der Waals surface area contributed by atoms with Crippen molar-refractivity contribution in [1.82, 2.24) is 47.1 Å². The SMILES string of the molecule is CC[C@H](C)[C@H](NC(=O)[C@@H]1CCCN1C(=O)CNC(=O)[C@H](CC(N)=O)NC(=O)[C@H](Cc1c[nH]c2ccccc12)NC(=O)[C@H](CC(C)C)NC(=O)[C@@H](N)CC(C)C)C(=O)N[C@@H](C)C(=O)N[C@H](C(=O)O)C(C)C. The Morgan fingerprint density at radius 3 is 1.94 bits per heavy atom. The van der Waals surface area contributed by atoms with Crippen LogP contribution in [0.5, 0.6) is 0 Å². The van der Waals surface area contributed by atoms with Crippen molar-refractivity contribution >= 4 is 70.0 Å². The van der Waals surface area contributed by atoms with Crippen molar-refractivity contribution < 1.29 is 53.1 Å². The maximum atomic E-state index is 14.2. The third kappa shape index (κ3) is 17.1. The first-order chi connectivity index (χ1) is 32.8. The summed E-state index contributed by atoms with van der Waals surface area (Å²) in [5, 5.41) is 28.3. The number of fused-ring (bicyclic) bond motifs is 1. The fraction of sp³-hybridized carbons (Fsp3) is 0.625. The van der Waals surface area contributed by atoms with Crippen molar-refractivity contribution in [2.75, 3.05) is 13.1 Å². The number of aliphatic carboxylic acids is 1. The number of nitrogens with two attached hydrogens (primary N) is 2. The van der Waals surface area contributed by atoms with Crippen LogP contribution in [0, 0.1) is 23.7 Å². The third-order valence-electron chi connectivity index (χ3n) is 12.2. The largest absolute Gasteiger partial charge is 0.480 e. The molecule has 1 aliphatic heterocycles. The zero-order valence-corrected chi connectivity index (χ0v) is 41.8. The molecule has 1 saturated heterocycles. The molecule has 0 unspecified atom stereocenters. The number of benzene rings is 1. The van der Waals surface area contributed by atoms with Gasteiger partial charge in [-0.05, 0) is 67.9 Å². The van der Waals surface area contributed by atoms with E-state index >= 15 is 0 Å². The number of likely N-dealkylation sites (tertiary alicyclic amines) is 1. The highest BCUT2D eigenvalue weighted by molar-refractivity contribution is 5.99. The number of carbonyl (C=O) groups excluding carboxylic acids is 9. The highest BCUT2D eigenvalue weighted by atomic mass is 16.4. The van der Waals surface area contributed by atoms with E-state index in [9.17, 15) is 53.1 Å². The number of para-hydroxylation sites is 1. The van der Waals surface area contributed by atoms with Crippen LogP contribution in [0.1, 0.15) is 106 Å². The van der Waals surface area contributed by atoms with Crippen LogP contribution in [0.4, 0.5) is 0 Å². The van der Waals surface area contributed by atoms with Gasteiger partial charge in [-0.3, -0.25) is 43.2 Å². The number of primary amides is 1. The number of carbonyl (C=O) groups is 10. The first kappa shape index (κ1) is 57.7. The van der Waals surface area contributed by atoms with E-state index in [4.69, 9.17) is 11.5 Å². The quantitative estimate of drug-likeness (QED) is 0.0556. The van der Waals surface area contributed by atoms with Crippen molar-refractivity contribution in [2.45, 2.75) is 156 Å². The molecule has 1 aliphatic rings. The third-order valence-corrected chi connectivity index (χ3v) is 12.2. The molecule has 70 heavy (non-hydrogen) atoms. The molecule has 0 spiro atoms. The van der Waals surface area contributed by atoms with E-state index in [2.05, 4.69) is 42.2 Å². The lowest BCUT2D eigenvalue weighted by Gasteiger charge is -2.29. The van der Waals surface area contributed by atoms with Gasteiger partial charge in [0.25, 0.3) is 0 Å². The summed E-state index contributed by atoms with van der Waals surface area (Å²) in [7, 11) is 0. The van der Waals surface area contributed by atoms with E-state index in [0.29, 0.717) is 24.8 Å². The van der Waals surface area contributed by atoms with Gasteiger partial charge in [0.2, 0.25) is 53.2 Å². The van der Waals surface area contributed by atoms with E-state index in [1.807, 2.05) is 45.9 Å². The number of hydrogen-bond acceptors (Lipinski definition) is 11. The Balaban J connectivity index is 1.77. The Kier molecular flexibility index (Phi) is 22.3. The van der Waals surface area contributed by atoms with Crippen LogP contribution in [-0.2, 0) is 54.4 Å². The van der Waals surface area contributed by atoms with Crippen LogP contribution in [0.15, 0.2) is 30.5 Å². The molecule has 22 heteroatoms. The molecule has 9 atom stereocenters. The van der Waals surface area contributed by atoms with E-state index in [-0.39, 0.29) is 37.6 Å². The maximum Gasteiger partial charge on any atom is 0.326 e. The number of aromatic amines is 1. The first-order valence-electron chi connectivity index (χ1n) is 24.1. The van der Waals surface area contributed by atoms with Crippen LogP contribution in [0.2, 0.25) is 0 Å². The first-order valence-corrected chi connectivity index (χ1v) is 24.1. The van der Waals surface area contributed by atoms with Crippen molar-refractivity contribution in [2.24, 2.45) is 35.1 Å². The van der Waals surface area contributed by atoms with Crippen LogP contribution < -0.4 is 48.7 Å². The van der Waals surface area contributed by atoms with Crippen molar-refractivity contribution in [3.05, 3.63) is 36.0 Å². The minimum atomic E-state index is -1.61. The summed E-state index contributed by atoms with van der Waals surface area (Å²) in [6.07, 6.45) is 2.55. The molecule has 2 heterocycles. The monoisotopic (exact) mass is 982 g/mol. The van der Waals surface area contributed by atoms with Crippen molar-refractivity contribution in [3.63, 3.8) is 0 Å². The Morgan fingerprint density at radius 2 is 1.34 bits per heavy atom. The molecule has 9 amide bonds. The number of nitrogens with zero attached hydrogens (tertiary/aromatic N) is 1. The van der Waals surface area contributed by atoms with Gasteiger partial charge in [0, 0.05) is 30.1 Å². The molecule has 3 rings (SSSR count). The molecule has 1 fully saturated rings. The van der Waals surface area contributed by atoms with Crippen LogP contribution >= 0.6 is 0 Å². The molecule has 1 aromatic heterocycles. The number of H-pyrrole nitrogens is 1. The topological polar surface area (TPSA) is 346 Å². The van der Waals surface area contributed by atoms with Gasteiger partial charge in [-0.1, -0.05) is 80.0 Å². The average Bonchev–Trinajstić information content (AvgIpc) is 3.95. The fourth-order valence-corrected chi connectivity index (χ4v) is 8.12. The van der Waals surface area contributed by atoms with Gasteiger partial charge in [-0.2, -0.15) is 0 Å². The van der Waals surface area contributed by atoms with Gasteiger partial charge in [-0.25, -0.2) is 4.79 Å². The Bertz CT molecular complexity index is 2190. The van der Waals surface area contributed by atoms with Gasteiger partial charge < -0.3 is 63.7 Å².